The third-order valence-electron chi connectivity index (χ3n) is 3.36. The Morgan fingerprint density at radius 3 is 3.00 bits per heavy atom. The summed E-state index contributed by atoms with van der Waals surface area (Å²) < 4.78 is 18.6. The van der Waals surface area contributed by atoms with Crippen molar-refractivity contribution >= 4 is 16.8 Å². The third-order valence-corrected chi connectivity index (χ3v) is 3.36. The fourth-order valence-electron chi connectivity index (χ4n) is 2.19. The second-order valence-electron chi connectivity index (χ2n) is 4.94. The van der Waals surface area contributed by atoms with E-state index >= 15 is 0 Å². The Hall–Kier alpha value is -3.29. The molecule has 0 saturated carbocycles. The molecule has 0 radical (unpaired) electrons. The standard InChI is InChI=1S/C16H13FN4O3/c1-24-12-7-9(5-6-18-12)8-19-16(23)14-20-11-4-2-3-10(17)13(11)15(22)21-14/h2-7H,8H2,1H3,(H,19,23)(H,20,21,22). The summed E-state index contributed by atoms with van der Waals surface area (Å²) in [6, 6.07) is 7.45. The van der Waals surface area contributed by atoms with E-state index in [9.17, 15) is 14.0 Å². The highest BCUT2D eigenvalue weighted by Crippen LogP contribution is 2.11. The number of nitrogens with one attached hydrogen (secondary N) is 2. The average Bonchev–Trinajstić information content (AvgIpc) is 2.59. The highest BCUT2D eigenvalue weighted by Gasteiger charge is 2.13. The zero-order valence-corrected chi connectivity index (χ0v) is 12.7. The van der Waals surface area contributed by atoms with Crippen molar-refractivity contribution in [2.75, 3.05) is 7.11 Å². The van der Waals surface area contributed by atoms with Gasteiger partial charge in [-0.3, -0.25) is 9.59 Å². The SMILES string of the molecule is COc1cc(CNC(=O)c2nc3cccc(F)c3c(=O)[nH]2)ccn1. The lowest BCUT2D eigenvalue weighted by molar-refractivity contribution is 0.0940. The fraction of sp³-hybridized carbons (Fsp3) is 0.125. The van der Waals surface area contributed by atoms with Crippen molar-refractivity contribution in [3.63, 3.8) is 0 Å². The molecule has 0 bridgehead atoms. The van der Waals surface area contributed by atoms with Gasteiger partial charge in [0.05, 0.1) is 12.6 Å². The monoisotopic (exact) mass is 328 g/mol. The summed E-state index contributed by atoms with van der Waals surface area (Å²) in [4.78, 5) is 34.4. The molecule has 8 heteroatoms. The van der Waals surface area contributed by atoms with Crippen molar-refractivity contribution in [1.82, 2.24) is 20.3 Å². The van der Waals surface area contributed by atoms with E-state index in [1.54, 1.807) is 18.3 Å². The first kappa shape index (κ1) is 15.6. The molecule has 0 aliphatic heterocycles. The normalized spacial score (nSPS) is 10.6. The molecule has 1 aromatic carbocycles. The second kappa shape index (κ2) is 6.45. The quantitative estimate of drug-likeness (QED) is 0.754. The van der Waals surface area contributed by atoms with E-state index in [0.29, 0.717) is 5.88 Å². The molecule has 0 spiro atoms. The minimum absolute atomic E-state index is 0.120. The molecular formula is C16H13FN4O3. The number of fused-ring (bicyclic) bond motifs is 1. The minimum Gasteiger partial charge on any atom is -0.481 e. The van der Waals surface area contributed by atoms with Crippen LogP contribution in [-0.2, 0) is 6.54 Å². The van der Waals surface area contributed by atoms with Gasteiger partial charge in [-0.25, -0.2) is 14.4 Å². The first-order valence-electron chi connectivity index (χ1n) is 7.04. The maximum Gasteiger partial charge on any atom is 0.287 e. The molecule has 2 N–H and O–H groups in total. The molecule has 0 aliphatic carbocycles. The topological polar surface area (TPSA) is 97.0 Å². The van der Waals surface area contributed by atoms with Gasteiger partial charge in [0, 0.05) is 18.8 Å². The Bertz CT molecular complexity index is 971. The first-order chi connectivity index (χ1) is 11.6. The molecule has 2 heterocycles. The predicted octanol–water partition coefficient (Wildman–Crippen LogP) is 1.40. The molecule has 3 rings (SSSR count). The lowest BCUT2D eigenvalue weighted by Crippen LogP contribution is -2.27. The van der Waals surface area contributed by atoms with Gasteiger partial charge in [-0.05, 0) is 23.8 Å². The van der Waals surface area contributed by atoms with Crippen LogP contribution in [0.15, 0.2) is 41.3 Å². The molecule has 0 saturated heterocycles. The van der Waals surface area contributed by atoms with Crippen molar-refractivity contribution in [2.24, 2.45) is 0 Å². The summed E-state index contributed by atoms with van der Waals surface area (Å²) in [7, 11) is 1.49. The number of hydrogen-bond donors (Lipinski definition) is 2. The van der Waals surface area contributed by atoms with Gasteiger partial charge in [0.2, 0.25) is 5.88 Å². The molecule has 122 valence electrons. The second-order valence-corrected chi connectivity index (χ2v) is 4.94. The van der Waals surface area contributed by atoms with E-state index in [0.717, 1.165) is 11.6 Å². The van der Waals surface area contributed by atoms with Crippen LogP contribution in [0.2, 0.25) is 0 Å². The number of hydrogen-bond acceptors (Lipinski definition) is 5. The van der Waals surface area contributed by atoms with Crippen LogP contribution in [0.25, 0.3) is 10.9 Å². The zero-order chi connectivity index (χ0) is 17.1. The Kier molecular flexibility index (Phi) is 4.19. The van der Waals surface area contributed by atoms with E-state index in [1.807, 2.05) is 0 Å². The van der Waals surface area contributed by atoms with E-state index < -0.39 is 17.3 Å². The Labute approximate surface area is 135 Å². The van der Waals surface area contributed by atoms with Crippen LogP contribution < -0.4 is 15.6 Å². The summed E-state index contributed by atoms with van der Waals surface area (Å²) in [6.07, 6.45) is 1.55. The lowest BCUT2D eigenvalue weighted by atomic mass is 10.2. The predicted molar refractivity (Wildman–Crippen MR) is 84.3 cm³/mol. The van der Waals surface area contributed by atoms with Gasteiger partial charge in [-0.15, -0.1) is 0 Å². The number of pyridine rings is 1. The molecule has 0 atom stereocenters. The van der Waals surface area contributed by atoms with Gasteiger partial charge in [0.25, 0.3) is 11.5 Å². The number of carbonyl (C=O) groups is 1. The van der Waals surface area contributed by atoms with Crippen molar-refractivity contribution in [2.45, 2.75) is 6.54 Å². The Morgan fingerprint density at radius 2 is 2.21 bits per heavy atom. The molecule has 0 fully saturated rings. The number of halogens is 1. The van der Waals surface area contributed by atoms with Crippen molar-refractivity contribution in [1.29, 1.82) is 0 Å². The number of carbonyl (C=O) groups excluding carboxylic acids is 1. The van der Waals surface area contributed by atoms with Crippen LogP contribution in [0, 0.1) is 5.82 Å². The number of amides is 1. The highest BCUT2D eigenvalue weighted by molar-refractivity contribution is 5.92. The number of rotatable bonds is 4. The molecule has 7 nitrogen and oxygen atoms in total. The van der Waals surface area contributed by atoms with Crippen molar-refractivity contribution in [3.05, 3.63) is 64.1 Å². The van der Waals surface area contributed by atoms with Gasteiger partial charge >= 0.3 is 0 Å². The first-order valence-corrected chi connectivity index (χ1v) is 7.04. The van der Waals surface area contributed by atoms with Crippen LogP contribution in [-0.4, -0.2) is 28.0 Å². The van der Waals surface area contributed by atoms with Gasteiger partial charge in [0.1, 0.15) is 11.2 Å². The lowest BCUT2D eigenvalue weighted by Gasteiger charge is -2.07. The third kappa shape index (κ3) is 3.07. The van der Waals surface area contributed by atoms with Gasteiger partial charge in [-0.1, -0.05) is 6.07 Å². The summed E-state index contributed by atoms with van der Waals surface area (Å²) in [5, 5.41) is 2.45. The zero-order valence-electron chi connectivity index (χ0n) is 12.7. The average molecular weight is 328 g/mol. The van der Waals surface area contributed by atoms with Crippen LogP contribution in [0.1, 0.15) is 16.2 Å². The van der Waals surface area contributed by atoms with E-state index in [2.05, 4.69) is 20.3 Å². The molecule has 0 aliphatic rings. The summed E-state index contributed by atoms with van der Waals surface area (Å²) in [5.41, 5.74) is 0.188. The summed E-state index contributed by atoms with van der Waals surface area (Å²) in [5.74, 6) is -1.01. The maximum absolute atomic E-state index is 13.6. The maximum atomic E-state index is 13.6. The van der Waals surface area contributed by atoms with E-state index in [1.165, 1.54) is 19.2 Å². The Morgan fingerprint density at radius 1 is 1.38 bits per heavy atom. The number of aromatic amines is 1. The molecule has 2 aromatic heterocycles. The molecular weight excluding hydrogens is 315 g/mol. The van der Waals surface area contributed by atoms with Crippen LogP contribution in [0.3, 0.4) is 0 Å². The fourth-order valence-corrected chi connectivity index (χ4v) is 2.19. The van der Waals surface area contributed by atoms with Gasteiger partial charge in [0.15, 0.2) is 5.82 Å². The number of aromatic nitrogens is 3. The molecule has 1 amide bonds. The summed E-state index contributed by atoms with van der Waals surface area (Å²) in [6.45, 7) is 0.197. The molecule has 0 unspecified atom stereocenters. The van der Waals surface area contributed by atoms with Crippen LogP contribution >= 0.6 is 0 Å². The number of ether oxygens (including phenoxy) is 1. The van der Waals surface area contributed by atoms with Crippen LogP contribution in [0.4, 0.5) is 4.39 Å². The largest absolute Gasteiger partial charge is 0.481 e. The Balaban J connectivity index is 1.82. The van der Waals surface area contributed by atoms with E-state index in [4.69, 9.17) is 4.74 Å². The number of methoxy groups -OCH3 is 1. The van der Waals surface area contributed by atoms with Crippen molar-refractivity contribution in [3.8, 4) is 5.88 Å². The smallest absolute Gasteiger partial charge is 0.287 e. The van der Waals surface area contributed by atoms with E-state index in [-0.39, 0.29) is 23.3 Å². The number of nitrogens with zero attached hydrogens (tertiary/aromatic N) is 2. The number of benzene rings is 1. The molecule has 24 heavy (non-hydrogen) atoms. The molecule has 3 aromatic rings. The highest BCUT2D eigenvalue weighted by atomic mass is 19.1. The number of H-pyrrole nitrogens is 1. The van der Waals surface area contributed by atoms with Gasteiger partial charge < -0.3 is 15.0 Å². The minimum atomic E-state index is -0.700. The summed E-state index contributed by atoms with van der Waals surface area (Å²) >= 11 is 0. The van der Waals surface area contributed by atoms with Crippen molar-refractivity contribution < 1.29 is 13.9 Å². The van der Waals surface area contributed by atoms with Crippen LogP contribution in [0.5, 0.6) is 5.88 Å². The van der Waals surface area contributed by atoms with Gasteiger partial charge in [-0.2, -0.15) is 0 Å².